The number of phenolic OH excluding ortho intramolecular Hbond substituents is 1. The number of primary amides is 1. The molecule has 1 aromatic carbocycles. The van der Waals surface area contributed by atoms with E-state index in [-0.39, 0.29) is 35.7 Å². The predicted octanol–water partition coefficient (Wildman–Crippen LogP) is 0.696. The van der Waals surface area contributed by atoms with Gasteiger partial charge in [-0.1, -0.05) is 19.3 Å². The lowest BCUT2D eigenvalue weighted by atomic mass is 9.52. The average Bonchev–Trinajstić information content (AvgIpc) is 2.90. The molecule has 4 unspecified atom stereocenters. The number of anilines is 1. The lowest BCUT2D eigenvalue weighted by molar-refractivity contribution is -0.181. The Morgan fingerprint density at radius 1 is 1.00 bits per heavy atom. The summed E-state index contributed by atoms with van der Waals surface area (Å²) in [6.45, 7) is 0. The molecule has 6 atom stereocenters. The molecule has 0 saturated heterocycles. The van der Waals surface area contributed by atoms with E-state index in [1.165, 1.54) is 4.90 Å². The van der Waals surface area contributed by atoms with Crippen molar-refractivity contribution in [2.24, 2.45) is 35.3 Å². The first kappa shape index (κ1) is 29.1. The topological polar surface area (TPSA) is 175 Å². The molecule has 0 bridgehead atoms. The molecule has 5 rings (SSSR count). The van der Waals surface area contributed by atoms with Crippen LogP contribution in [-0.4, -0.2) is 89.8 Å². The number of aliphatic hydroxyl groups is 1. The molecule has 4 aliphatic carbocycles. The molecule has 1 amide bonds. The minimum atomic E-state index is -2.79. The maximum Gasteiger partial charge on any atom is 0.235 e. The van der Waals surface area contributed by atoms with E-state index in [4.69, 9.17) is 5.73 Å². The van der Waals surface area contributed by atoms with Crippen LogP contribution in [0.1, 0.15) is 64.8 Å². The van der Waals surface area contributed by atoms with Gasteiger partial charge in [0, 0.05) is 31.6 Å². The number of benzene rings is 1. The highest BCUT2D eigenvalue weighted by Crippen LogP contribution is 2.52. The highest BCUT2D eigenvalue weighted by atomic mass is 16.3. The summed E-state index contributed by atoms with van der Waals surface area (Å²) in [5.74, 6) is -11.7. The van der Waals surface area contributed by atoms with E-state index < -0.39 is 70.1 Å². The third kappa shape index (κ3) is 4.15. The van der Waals surface area contributed by atoms with Crippen LogP contribution in [0.2, 0.25) is 0 Å². The molecule has 0 radical (unpaired) electrons. The first-order valence-corrected chi connectivity index (χ1v) is 14.2. The van der Waals surface area contributed by atoms with E-state index >= 15 is 0 Å². The lowest BCUT2D eigenvalue weighted by Gasteiger charge is -2.52. The zero-order valence-corrected chi connectivity index (χ0v) is 23.8. The number of hydrogen-bond donors (Lipinski definition) is 3. The van der Waals surface area contributed by atoms with Gasteiger partial charge < -0.3 is 20.8 Å². The van der Waals surface area contributed by atoms with Gasteiger partial charge >= 0.3 is 0 Å². The van der Waals surface area contributed by atoms with Crippen LogP contribution in [0, 0.1) is 29.6 Å². The predicted molar refractivity (Wildman–Crippen MR) is 147 cm³/mol. The van der Waals surface area contributed by atoms with Crippen LogP contribution in [0.4, 0.5) is 5.69 Å². The Morgan fingerprint density at radius 3 is 2.20 bits per heavy atom. The fourth-order valence-electron chi connectivity index (χ4n) is 7.82. The molecule has 0 aliphatic heterocycles. The molecule has 11 heteroatoms. The van der Waals surface area contributed by atoms with Crippen LogP contribution < -0.4 is 10.6 Å². The van der Waals surface area contributed by atoms with Crippen LogP contribution in [0.3, 0.4) is 0 Å². The minimum absolute atomic E-state index is 0.0202. The standard InChI is InChI=1S/C30H37N3O8/c1-32(2)18-12-16(23(34)13-8-6-5-7-9-13)24(35)20-15(18)10-14-11-17-22(33(3)4)26(37)21(29(31)40)28(39)30(17,41)27(38)19(14)25(20)36/h12-14,17,19,21-22,35,41H,5-11H2,1-4H3,(H2,31,40)/t14?,17?,19?,21?,22-,30-/m0/s1. The van der Waals surface area contributed by atoms with Gasteiger partial charge in [0.2, 0.25) is 5.91 Å². The van der Waals surface area contributed by atoms with E-state index in [0.717, 1.165) is 19.3 Å². The van der Waals surface area contributed by atoms with Gasteiger partial charge in [-0.25, -0.2) is 0 Å². The van der Waals surface area contributed by atoms with Crippen molar-refractivity contribution in [1.82, 2.24) is 4.90 Å². The number of fused-ring (bicyclic) bond motifs is 3. The maximum atomic E-state index is 14.1. The summed E-state index contributed by atoms with van der Waals surface area (Å²) in [4.78, 5) is 83.7. The molecule has 4 aliphatic rings. The quantitative estimate of drug-likeness (QED) is 0.339. The monoisotopic (exact) mass is 567 g/mol. The number of likely N-dealkylation sites (N-methyl/N-ethyl adjacent to an activating group) is 1. The Kier molecular flexibility index (Phi) is 7.18. The summed E-state index contributed by atoms with van der Waals surface area (Å²) in [6, 6.07) is 0.446. The normalized spacial score (nSPS) is 31.9. The molecular weight excluding hydrogens is 530 g/mol. The smallest absolute Gasteiger partial charge is 0.235 e. The van der Waals surface area contributed by atoms with Crippen molar-refractivity contribution in [1.29, 1.82) is 0 Å². The highest BCUT2D eigenvalue weighted by Gasteiger charge is 2.69. The molecule has 1 aromatic rings. The average molecular weight is 568 g/mol. The van der Waals surface area contributed by atoms with Crippen LogP contribution in [0.25, 0.3) is 0 Å². The summed E-state index contributed by atoms with van der Waals surface area (Å²) in [5, 5.41) is 23.1. The zero-order chi connectivity index (χ0) is 30.1. The van der Waals surface area contributed by atoms with Gasteiger partial charge in [0.05, 0.1) is 23.1 Å². The van der Waals surface area contributed by atoms with Gasteiger partial charge in [-0.3, -0.25) is 33.7 Å². The van der Waals surface area contributed by atoms with Crippen molar-refractivity contribution in [2.45, 2.75) is 56.6 Å². The second-order valence-electron chi connectivity index (χ2n) is 12.5. The summed E-state index contributed by atoms with van der Waals surface area (Å²) in [7, 11) is 6.60. The number of ketones is 5. The first-order valence-electron chi connectivity index (χ1n) is 14.2. The molecule has 4 N–H and O–H groups in total. The molecular formula is C30H37N3O8. The number of amides is 1. The Morgan fingerprint density at radius 2 is 1.63 bits per heavy atom. The number of carbonyl (C=O) groups is 6. The van der Waals surface area contributed by atoms with Gasteiger partial charge in [0.15, 0.2) is 40.4 Å². The number of phenols is 1. The van der Waals surface area contributed by atoms with Crippen molar-refractivity contribution in [3.63, 3.8) is 0 Å². The number of nitrogens with zero attached hydrogens (tertiary/aromatic N) is 2. The molecule has 0 heterocycles. The minimum Gasteiger partial charge on any atom is -0.506 e. The molecule has 11 nitrogen and oxygen atoms in total. The van der Waals surface area contributed by atoms with Gasteiger partial charge in [-0.15, -0.1) is 0 Å². The number of rotatable bonds is 5. The van der Waals surface area contributed by atoms with Crippen LogP contribution >= 0.6 is 0 Å². The number of aromatic hydroxyl groups is 1. The van der Waals surface area contributed by atoms with E-state index in [0.29, 0.717) is 24.1 Å². The molecule has 220 valence electrons. The molecule has 0 spiro atoms. The molecule has 3 fully saturated rings. The van der Waals surface area contributed by atoms with E-state index in [2.05, 4.69) is 0 Å². The summed E-state index contributed by atoms with van der Waals surface area (Å²) in [5.41, 5.74) is 3.49. The maximum absolute atomic E-state index is 14.1. The van der Waals surface area contributed by atoms with E-state index in [1.54, 1.807) is 39.2 Å². The van der Waals surface area contributed by atoms with Gasteiger partial charge in [-0.05, 0) is 57.3 Å². The van der Waals surface area contributed by atoms with Gasteiger partial charge in [0.1, 0.15) is 5.75 Å². The largest absolute Gasteiger partial charge is 0.506 e. The molecule has 3 saturated carbocycles. The Bertz CT molecular complexity index is 1380. The van der Waals surface area contributed by atoms with Crippen molar-refractivity contribution in [3.8, 4) is 5.75 Å². The summed E-state index contributed by atoms with van der Waals surface area (Å²) >= 11 is 0. The third-order valence-electron chi connectivity index (χ3n) is 9.76. The zero-order valence-electron chi connectivity index (χ0n) is 23.8. The van der Waals surface area contributed by atoms with Crippen LogP contribution in [-0.2, 0) is 25.6 Å². The first-order chi connectivity index (χ1) is 19.2. The number of nitrogens with two attached hydrogens (primary N) is 1. The second-order valence-corrected chi connectivity index (χ2v) is 12.5. The van der Waals surface area contributed by atoms with Crippen molar-refractivity contribution < 1.29 is 39.0 Å². The third-order valence-corrected chi connectivity index (χ3v) is 9.76. The Balaban J connectivity index is 1.64. The highest BCUT2D eigenvalue weighted by molar-refractivity contribution is 6.32. The SMILES string of the molecule is CN(C)c1cc(C(=O)C2CCCCC2)c(O)c2c1CC1CC3[C@H](N(C)C)C(=O)C(C(N)=O)C(=O)[C@@]3(O)C(=O)C1C2=O. The number of hydrogen-bond acceptors (Lipinski definition) is 10. The number of carbonyl (C=O) groups excluding carboxylic acids is 6. The van der Waals surface area contributed by atoms with Gasteiger partial charge in [-0.2, -0.15) is 0 Å². The Hall–Kier alpha value is -3.44. The summed E-state index contributed by atoms with van der Waals surface area (Å²) < 4.78 is 0. The summed E-state index contributed by atoms with van der Waals surface area (Å²) in [6.07, 6.45) is 4.32. The van der Waals surface area contributed by atoms with Gasteiger partial charge in [0.25, 0.3) is 0 Å². The van der Waals surface area contributed by atoms with E-state index in [1.807, 2.05) is 0 Å². The number of Topliss-reactive ketones (excluding diaryl/α,β-unsaturated/α-hetero) is 5. The molecule has 41 heavy (non-hydrogen) atoms. The van der Waals surface area contributed by atoms with Crippen LogP contribution in [0.5, 0.6) is 5.75 Å². The van der Waals surface area contributed by atoms with Crippen molar-refractivity contribution in [2.75, 3.05) is 33.1 Å². The Labute approximate surface area is 238 Å². The fraction of sp³-hybridized carbons (Fsp3) is 0.600. The second kappa shape index (κ2) is 10.1. The van der Waals surface area contributed by atoms with Crippen molar-refractivity contribution in [3.05, 3.63) is 22.8 Å². The van der Waals surface area contributed by atoms with E-state index in [9.17, 15) is 39.0 Å². The van der Waals surface area contributed by atoms with Crippen molar-refractivity contribution >= 4 is 40.5 Å². The lowest BCUT2D eigenvalue weighted by Crippen LogP contribution is -2.74. The fourth-order valence-corrected chi connectivity index (χ4v) is 7.82. The molecule has 0 aromatic heterocycles. The van der Waals surface area contributed by atoms with Crippen LogP contribution in [0.15, 0.2) is 6.07 Å².